The lowest BCUT2D eigenvalue weighted by Gasteiger charge is -2.03. The van der Waals surface area contributed by atoms with Crippen LogP contribution in [0.4, 0.5) is 0 Å². The van der Waals surface area contributed by atoms with E-state index in [1.165, 1.54) is 0 Å². The first-order chi connectivity index (χ1) is 10.2. The van der Waals surface area contributed by atoms with Crippen molar-refractivity contribution >= 4 is 28.0 Å². The molecule has 0 atom stereocenters. The molecule has 1 aliphatic heterocycles. The van der Waals surface area contributed by atoms with Gasteiger partial charge in [-0.1, -0.05) is 18.2 Å². The van der Waals surface area contributed by atoms with Crippen molar-refractivity contribution in [2.75, 3.05) is 6.67 Å². The Morgan fingerprint density at radius 1 is 1.19 bits per heavy atom. The molecule has 104 valence electrons. The lowest BCUT2D eigenvalue weighted by atomic mass is 10.2. The number of aromatic nitrogens is 3. The number of fused-ring (bicyclic) bond motifs is 4. The van der Waals surface area contributed by atoms with Crippen LogP contribution in [0.3, 0.4) is 0 Å². The maximum atomic E-state index is 10.9. The Morgan fingerprint density at radius 2 is 1.95 bits per heavy atom. The highest BCUT2D eigenvalue weighted by atomic mass is 16.4. The summed E-state index contributed by atoms with van der Waals surface area (Å²) >= 11 is 0. The average Bonchev–Trinajstić information content (AvgIpc) is 3.05. The van der Waals surface area contributed by atoms with Crippen LogP contribution in [0.15, 0.2) is 34.3 Å². The number of rotatable bonds is 3. The first-order valence-corrected chi connectivity index (χ1v) is 6.60. The quantitative estimate of drug-likeness (QED) is 0.745. The Hall–Kier alpha value is -2.83. The molecule has 0 spiro atoms. The van der Waals surface area contributed by atoms with Crippen LogP contribution >= 0.6 is 0 Å². The van der Waals surface area contributed by atoms with E-state index in [0.717, 1.165) is 16.4 Å². The molecule has 0 amide bonds. The topological polar surface area (TPSA) is 92.7 Å². The fourth-order valence-electron chi connectivity index (χ4n) is 2.62. The standard InChI is InChI=1S/C14H11N5O2/c20-10(21)5-6-19-9-4-2-1-3-8(9)11-14(19)18-13-12(17-11)15-7-16-13/h1-4H,5-7H2,(H,20,21). The normalized spacial score (nSPS) is 13.1. The van der Waals surface area contributed by atoms with Crippen LogP contribution in [0.5, 0.6) is 0 Å². The van der Waals surface area contributed by atoms with Crippen molar-refractivity contribution in [2.24, 2.45) is 9.98 Å². The summed E-state index contributed by atoms with van der Waals surface area (Å²) in [7, 11) is 0. The first-order valence-electron chi connectivity index (χ1n) is 6.60. The Kier molecular flexibility index (Phi) is 2.47. The van der Waals surface area contributed by atoms with Crippen molar-refractivity contribution in [1.29, 1.82) is 0 Å². The lowest BCUT2D eigenvalue weighted by Crippen LogP contribution is -2.29. The van der Waals surface area contributed by atoms with E-state index in [-0.39, 0.29) is 6.42 Å². The second-order valence-electron chi connectivity index (χ2n) is 4.81. The molecule has 3 aromatic rings. The molecule has 0 unspecified atom stereocenters. The van der Waals surface area contributed by atoms with E-state index < -0.39 is 5.97 Å². The molecule has 7 nitrogen and oxygen atoms in total. The molecule has 0 fully saturated rings. The Labute approximate surface area is 118 Å². The Bertz CT molecular complexity index is 1010. The van der Waals surface area contributed by atoms with Crippen molar-refractivity contribution in [3.63, 3.8) is 0 Å². The zero-order valence-corrected chi connectivity index (χ0v) is 11.0. The molecule has 4 rings (SSSR count). The number of aryl methyl sites for hydroxylation is 1. The molecule has 0 radical (unpaired) electrons. The van der Waals surface area contributed by atoms with Gasteiger partial charge in [-0.05, 0) is 6.07 Å². The van der Waals surface area contributed by atoms with Gasteiger partial charge in [0.2, 0.25) is 0 Å². The van der Waals surface area contributed by atoms with Crippen molar-refractivity contribution in [3.05, 3.63) is 35.2 Å². The van der Waals surface area contributed by atoms with Crippen molar-refractivity contribution < 1.29 is 9.90 Å². The molecular formula is C14H11N5O2. The third kappa shape index (κ3) is 1.78. The minimum Gasteiger partial charge on any atom is -0.481 e. The molecule has 0 aliphatic carbocycles. The number of carboxylic acid groups (broad SMARTS) is 1. The van der Waals surface area contributed by atoms with E-state index in [0.29, 0.717) is 29.8 Å². The number of carbonyl (C=O) groups is 1. The Balaban J connectivity index is 2.08. The Morgan fingerprint density at radius 3 is 2.76 bits per heavy atom. The number of benzene rings is 1. The predicted molar refractivity (Wildman–Crippen MR) is 74.5 cm³/mol. The third-order valence-electron chi connectivity index (χ3n) is 3.54. The van der Waals surface area contributed by atoms with Crippen LogP contribution in [0.2, 0.25) is 0 Å². The van der Waals surface area contributed by atoms with Crippen molar-refractivity contribution in [3.8, 4) is 0 Å². The van der Waals surface area contributed by atoms with Gasteiger partial charge in [-0.3, -0.25) is 4.79 Å². The van der Waals surface area contributed by atoms with Crippen LogP contribution in [0.25, 0.3) is 22.1 Å². The molecular weight excluding hydrogens is 270 g/mol. The van der Waals surface area contributed by atoms with E-state index in [1.807, 2.05) is 28.8 Å². The summed E-state index contributed by atoms with van der Waals surface area (Å²) in [5, 5.41) is 9.88. The molecule has 0 bridgehead atoms. The molecule has 1 aliphatic rings. The highest BCUT2D eigenvalue weighted by Crippen LogP contribution is 2.24. The summed E-state index contributed by atoms with van der Waals surface area (Å²) in [5.41, 5.74) is 3.43. The van der Waals surface area contributed by atoms with Gasteiger partial charge in [0, 0.05) is 11.9 Å². The van der Waals surface area contributed by atoms with Gasteiger partial charge in [0.15, 0.2) is 16.6 Å². The maximum Gasteiger partial charge on any atom is 0.305 e. The summed E-state index contributed by atoms with van der Waals surface area (Å²) in [6.07, 6.45) is 0.0358. The van der Waals surface area contributed by atoms with Gasteiger partial charge < -0.3 is 9.67 Å². The fourth-order valence-corrected chi connectivity index (χ4v) is 2.62. The second-order valence-corrected chi connectivity index (χ2v) is 4.81. The van der Waals surface area contributed by atoms with Gasteiger partial charge in [-0.25, -0.2) is 20.0 Å². The van der Waals surface area contributed by atoms with Gasteiger partial charge in [0.1, 0.15) is 12.2 Å². The highest BCUT2D eigenvalue weighted by molar-refractivity contribution is 6.04. The average molecular weight is 281 g/mol. The van der Waals surface area contributed by atoms with Gasteiger partial charge in [0.05, 0.1) is 11.9 Å². The number of hydrogen-bond donors (Lipinski definition) is 1. The second kappa shape index (κ2) is 4.34. The third-order valence-corrected chi connectivity index (χ3v) is 3.54. The van der Waals surface area contributed by atoms with Crippen LogP contribution in [0, 0.1) is 0 Å². The van der Waals surface area contributed by atoms with Crippen LogP contribution in [-0.4, -0.2) is 32.3 Å². The summed E-state index contributed by atoms with van der Waals surface area (Å²) in [4.78, 5) is 28.3. The van der Waals surface area contributed by atoms with Gasteiger partial charge in [-0.15, -0.1) is 0 Å². The minimum absolute atomic E-state index is 0.0358. The van der Waals surface area contributed by atoms with Crippen LogP contribution in [-0.2, 0) is 11.3 Å². The van der Waals surface area contributed by atoms with E-state index in [2.05, 4.69) is 20.0 Å². The van der Waals surface area contributed by atoms with E-state index in [4.69, 9.17) is 5.11 Å². The first kappa shape index (κ1) is 12.0. The summed E-state index contributed by atoms with van der Waals surface area (Å²) in [6, 6.07) is 7.75. The lowest BCUT2D eigenvalue weighted by molar-refractivity contribution is -0.137. The van der Waals surface area contributed by atoms with Crippen LogP contribution < -0.4 is 11.0 Å². The summed E-state index contributed by atoms with van der Waals surface area (Å²) < 4.78 is 1.89. The molecule has 0 saturated heterocycles. The smallest absolute Gasteiger partial charge is 0.305 e. The molecule has 1 aromatic carbocycles. The largest absolute Gasteiger partial charge is 0.481 e. The fraction of sp³-hybridized carbons (Fsp3) is 0.214. The van der Waals surface area contributed by atoms with Crippen molar-refractivity contribution in [2.45, 2.75) is 13.0 Å². The predicted octanol–water partition coefficient (Wildman–Crippen LogP) is 0.269. The van der Waals surface area contributed by atoms with Gasteiger partial charge >= 0.3 is 5.97 Å². The zero-order valence-electron chi connectivity index (χ0n) is 11.0. The number of aliphatic carboxylic acids is 1. The maximum absolute atomic E-state index is 10.9. The van der Waals surface area contributed by atoms with Crippen LogP contribution in [0.1, 0.15) is 6.42 Å². The van der Waals surface area contributed by atoms with Gasteiger partial charge in [0.25, 0.3) is 0 Å². The molecule has 3 heterocycles. The summed E-state index contributed by atoms with van der Waals surface area (Å²) in [6.45, 7) is 0.707. The minimum atomic E-state index is -0.838. The zero-order chi connectivity index (χ0) is 14.4. The van der Waals surface area contributed by atoms with E-state index in [9.17, 15) is 4.79 Å². The van der Waals surface area contributed by atoms with E-state index in [1.54, 1.807) is 0 Å². The molecule has 21 heavy (non-hydrogen) atoms. The number of para-hydroxylation sites is 1. The number of hydrogen-bond acceptors (Lipinski definition) is 5. The van der Waals surface area contributed by atoms with Crippen molar-refractivity contribution in [1.82, 2.24) is 14.5 Å². The molecule has 1 N–H and O–H groups in total. The number of carboxylic acids is 1. The summed E-state index contributed by atoms with van der Waals surface area (Å²) in [5.74, 6) is -0.838. The molecule has 2 aromatic heterocycles. The molecule has 0 saturated carbocycles. The monoisotopic (exact) mass is 281 g/mol. The number of nitrogens with zero attached hydrogens (tertiary/aromatic N) is 5. The highest BCUT2D eigenvalue weighted by Gasteiger charge is 2.15. The SMILES string of the molecule is O=C(O)CCn1c2ccccc2c2nc3c(nc21)=NCN=3. The van der Waals surface area contributed by atoms with Gasteiger partial charge in [-0.2, -0.15) is 0 Å². The van der Waals surface area contributed by atoms with E-state index >= 15 is 0 Å². The molecule has 7 heteroatoms.